The minimum absolute atomic E-state index is 0.323. The maximum Gasteiger partial charge on any atom is 0.573 e. The maximum absolute atomic E-state index is 12.3. The van der Waals surface area contributed by atoms with Gasteiger partial charge in [-0.05, 0) is 72.8 Å². The zero-order valence-corrected chi connectivity index (χ0v) is 17.7. The van der Waals surface area contributed by atoms with Crippen molar-refractivity contribution < 1.29 is 27.4 Å². The van der Waals surface area contributed by atoms with Crippen LogP contribution in [0.1, 0.15) is 0 Å². The highest BCUT2D eigenvalue weighted by Crippen LogP contribution is 2.24. The first-order chi connectivity index (χ1) is 16.3. The Hall–Kier alpha value is -4.54. The van der Waals surface area contributed by atoms with Crippen molar-refractivity contribution in [3.8, 4) is 28.6 Å². The van der Waals surface area contributed by atoms with Gasteiger partial charge in [-0.3, -0.25) is 0 Å². The number of nitrogens with one attached hydrogen (secondary N) is 2. The molecule has 0 bridgehead atoms. The number of hydrogen-bond acceptors (Lipinski definition) is 5. The first kappa shape index (κ1) is 22.6. The molecule has 1 aromatic heterocycles. The zero-order chi connectivity index (χ0) is 24.1. The fourth-order valence-electron chi connectivity index (χ4n) is 2.99. The highest BCUT2D eigenvalue weighted by atomic mass is 19.4. The van der Waals surface area contributed by atoms with E-state index in [1.807, 2.05) is 0 Å². The number of rotatable bonds is 6. The van der Waals surface area contributed by atoms with Gasteiger partial charge in [0.15, 0.2) is 5.82 Å². The molecular weight excluding hydrogens is 451 g/mol. The zero-order valence-electron chi connectivity index (χ0n) is 17.7. The second-order valence-corrected chi connectivity index (χ2v) is 6.94. The molecule has 1 heterocycles. The van der Waals surface area contributed by atoms with Crippen molar-refractivity contribution in [2.45, 2.75) is 6.36 Å². The van der Waals surface area contributed by atoms with Crippen molar-refractivity contribution in [1.29, 1.82) is 0 Å². The molecule has 0 atom stereocenters. The molecule has 0 saturated heterocycles. The SMILES string of the molecule is COc1ccc(NC(=O)Nc2ccc(-c3ncn(-c4ccc(OC(F)(F)F)cc4)n3)cc2)cc1. The van der Waals surface area contributed by atoms with Crippen LogP contribution < -0.4 is 20.1 Å². The quantitative estimate of drug-likeness (QED) is 0.390. The number of anilines is 2. The van der Waals surface area contributed by atoms with Gasteiger partial charge in [0, 0.05) is 16.9 Å². The smallest absolute Gasteiger partial charge is 0.497 e. The van der Waals surface area contributed by atoms with E-state index in [0.29, 0.717) is 34.2 Å². The average Bonchev–Trinajstić information content (AvgIpc) is 3.30. The molecule has 0 fully saturated rings. The molecule has 0 aliphatic carbocycles. The van der Waals surface area contributed by atoms with E-state index < -0.39 is 12.4 Å². The summed E-state index contributed by atoms with van der Waals surface area (Å²) in [6.45, 7) is 0. The predicted molar refractivity (Wildman–Crippen MR) is 119 cm³/mol. The van der Waals surface area contributed by atoms with Gasteiger partial charge in [0.25, 0.3) is 0 Å². The summed E-state index contributed by atoms with van der Waals surface area (Å²) < 4.78 is 47.3. The molecule has 0 aliphatic heterocycles. The summed E-state index contributed by atoms with van der Waals surface area (Å²) in [6, 6.07) is 18.7. The number of alkyl halides is 3. The van der Waals surface area contributed by atoms with Crippen LogP contribution in [-0.2, 0) is 0 Å². The Labute approximate surface area is 192 Å². The average molecular weight is 469 g/mol. The standard InChI is InChI=1S/C23H18F3N5O3/c1-33-19-10-6-17(7-11-19)29-22(32)28-16-4-2-15(3-5-16)21-27-14-31(30-21)18-8-12-20(13-9-18)34-23(24,25)26/h2-14H,1H3,(H2,28,29,32). The molecule has 0 spiro atoms. The molecule has 0 radical (unpaired) electrons. The van der Waals surface area contributed by atoms with E-state index in [4.69, 9.17) is 4.74 Å². The van der Waals surface area contributed by atoms with Crippen LogP contribution in [0.3, 0.4) is 0 Å². The van der Waals surface area contributed by atoms with Crippen molar-refractivity contribution in [3.63, 3.8) is 0 Å². The Kier molecular flexibility index (Phi) is 6.35. The monoisotopic (exact) mass is 469 g/mol. The molecule has 2 amide bonds. The molecule has 0 aliphatic rings. The van der Waals surface area contributed by atoms with Crippen molar-refractivity contribution in [1.82, 2.24) is 14.8 Å². The molecule has 0 saturated carbocycles. The van der Waals surface area contributed by atoms with Gasteiger partial charge in [0.05, 0.1) is 12.8 Å². The van der Waals surface area contributed by atoms with Crippen LogP contribution in [0.25, 0.3) is 17.1 Å². The number of hydrogen-bond donors (Lipinski definition) is 2. The molecule has 8 nitrogen and oxygen atoms in total. The van der Waals surface area contributed by atoms with Crippen LogP contribution in [0.2, 0.25) is 0 Å². The lowest BCUT2D eigenvalue weighted by Gasteiger charge is -2.09. The van der Waals surface area contributed by atoms with E-state index >= 15 is 0 Å². The Bertz CT molecular complexity index is 1260. The maximum atomic E-state index is 12.3. The largest absolute Gasteiger partial charge is 0.573 e. The Morgan fingerprint density at radius 3 is 1.97 bits per heavy atom. The second-order valence-electron chi connectivity index (χ2n) is 6.94. The van der Waals surface area contributed by atoms with Crippen molar-refractivity contribution in [3.05, 3.63) is 79.1 Å². The number of urea groups is 1. The van der Waals surface area contributed by atoms with Gasteiger partial charge in [0.1, 0.15) is 17.8 Å². The summed E-state index contributed by atoms with van der Waals surface area (Å²) in [4.78, 5) is 16.4. The number of methoxy groups -OCH3 is 1. The normalized spacial score (nSPS) is 11.1. The van der Waals surface area contributed by atoms with E-state index in [1.54, 1.807) is 55.6 Å². The van der Waals surface area contributed by atoms with Crippen LogP contribution in [0, 0.1) is 0 Å². The molecule has 0 unspecified atom stereocenters. The first-order valence-electron chi connectivity index (χ1n) is 9.89. The number of carbonyl (C=O) groups is 1. The van der Waals surface area contributed by atoms with E-state index in [1.165, 1.54) is 35.3 Å². The third kappa shape index (κ3) is 5.82. The van der Waals surface area contributed by atoms with Gasteiger partial charge in [-0.2, -0.15) is 0 Å². The van der Waals surface area contributed by atoms with E-state index in [2.05, 4.69) is 25.5 Å². The van der Waals surface area contributed by atoms with E-state index in [0.717, 1.165) is 0 Å². The number of nitrogens with zero attached hydrogens (tertiary/aromatic N) is 3. The predicted octanol–water partition coefficient (Wildman–Crippen LogP) is 5.49. The number of carbonyl (C=O) groups excluding carboxylic acids is 1. The fourth-order valence-corrected chi connectivity index (χ4v) is 2.99. The lowest BCUT2D eigenvalue weighted by Crippen LogP contribution is -2.19. The second kappa shape index (κ2) is 9.53. The van der Waals surface area contributed by atoms with Crippen LogP contribution >= 0.6 is 0 Å². The topological polar surface area (TPSA) is 90.3 Å². The molecule has 4 aromatic rings. The van der Waals surface area contributed by atoms with Crippen LogP contribution in [0.15, 0.2) is 79.1 Å². The number of ether oxygens (including phenoxy) is 2. The van der Waals surface area contributed by atoms with Gasteiger partial charge in [0.2, 0.25) is 0 Å². The van der Waals surface area contributed by atoms with Gasteiger partial charge < -0.3 is 20.1 Å². The van der Waals surface area contributed by atoms with Gasteiger partial charge in [-0.1, -0.05) is 0 Å². The van der Waals surface area contributed by atoms with E-state index in [9.17, 15) is 18.0 Å². The Morgan fingerprint density at radius 1 is 0.853 bits per heavy atom. The summed E-state index contributed by atoms with van der Waals surface area (Å²) in [5.74, 6) is 0.769. The van der Waals surface area contributed by atoms with Crippen molar-refractivity contribution in [2.75, 3.05) is 17.7 Å². The number of halogens is 3. The Balaban J connectivity index is 1.38. The minimum Gasteiger partial charge on any atom is -0.497 e. The summed E-state index contributed by atoms with van der Waals surface area (Å²) >= 11 is 0. The molecule has 11 heteroatoms. The Morgan fingerprint density at radius 2 is 1.41 bits per heavy atom. The molecule has 4 rings (SSSR count). The van der Waals surface area contributed by atoms with Crippen molar-refractivity contribution in [2.24, 2.45) is 0 Å². The highest BCUT2D eigenvalue weighted by Gasteiger charge is 2.31. The first-order valence-corrected chi connectivity index (χ1v) is 9.89. The summed E-state index contributed by atoms with van der Waals surface area (Å²) in [5.41, 5.74) is 2.38. The number of benzene rings is 3. The molecular formula is C23H18F3N5O3. The summed E-state index contributed by atoms with van der Waals surface area (Å²) in [6.07, 6.45) is -3.30. The molecule has 34 heavy (non-hydrogen) atoms. The lowest BCUT2D eigenvalue weighted by molar-refractivity contribution is -0.274. The number of amides is 2. The van der Waals surface area contributed by atoms with Crippen molar-refractivity contribution >= 4 is 17.4 Å². The highest BCUT2D eigenvalue weighted by molar-refractivity contribution is 5.99. The van der Waals surface area contributed by atoms with Gasteiger partial charge >= 0.3 is 12.4 Å². The fraction of sp³-hybridized carbons (Fsp3) is 0.0870. The number of aromatic nitrogens is 3. The van der Waals surface area contributed by atoms with Crippen LogP contribution in [0.5, 0.6) is 11.5 Å². The van der Waals surface area contributed by atoms with E-state index in [-0.39, 0.29) is 5.75 Å². The third-order valence-electron chi connectivity index (χ3n) is 4.58. The molecule has 3 aromatic carbocycles. The van der Waals surface area contributed by atoms with Crippen LogP contribution in [0.4, 0.5) is 29.3 Å². The lowest BCUT2D eigenvalue weighted by atomic mass is 10.2. The van der Waals surface area contributed by atoms with Gasteiger partial charge in [-0.25, -0.2) is 14.5 Å². The minimum atomic E-state index is -4.75. The van der Waals surface area contributed by atoms with Crippen LogP contribution in [-0.4, -0.2) is 34.3 Å². The molecule has 174 valence electrons. The summed E-state index contributed by atoms with van der Waals surface area (Å²) in [7, 11) is 1.56. The summed E-state index contributed by atoms with van der Waals surface area (Å²) in [5, 5.41) is 9.80. The third-order valence-corrected chi connectivity index (χ3v) is 4.58. The molecule has 2 N–H and O–H groups in total. The van der Waals surface area contributed by atoms with Gasteiger partial charge in [-0.15, -0.1) is 18.3 Å².